The lowest BCUT2D eigenvalue weighted by atomic mass is 10.2. The minimum atomic E-state index is -0.642. The van der Waals surface area contributed by atoms with Crippen molar-refractivity contribution >= 4 is 34.8 Å². The fraction of sp³-hybridized carbons (Fsp3) is 0.0556. The first-order valence-corrected chi connectivity index (χ1v) is 8.24. The maximum atomic E-state index is 11.6. The van der Waals surface area contributed by atoms with Gasteiger partial charge in [-0.1, -0.05) is 11.6 Å². The summed E-state index contributed by atoms with van der Waals surface area (Å²) in [6.45, 7) is 0. The van der Waals surface area contributed by atoms with Gasteiger partial charge in [-0.15, -0.1) is 0 Å². The molecule has 3 rings (SSSR count). The fourth-order valence-corrected chi connectivity index (χ4v) is 2.38. The number of halogens is 1. The van der Waals surface area contributed by atoms with Crippen LogP contribution in [0.2, 0.25) is 5.02 Å². The summed E-state index contributed by atoms with van der Waals surface area (Å²) in [6, 6.07) is 12.5. The number of ether oxygens (including phenoxy) is 2. The smallest absolute Gasteiger partial charge is 0.373 e. The zero-order valence-electron chi connectivity index (χ0n) is 14.5. The molecule has 0 spiro atoms. The molecule has 0 bridgehead atoms. The third kappa shape index (κ3) is 4.33. The first-order chi connectivity index (χ1) is 13.5. The van der Waals surface area contributed by atoms with Gasteiger partial charge < -0.3 is 14.8 Å². The Morgan fingerprint density at radius 1 is 1.11 bits per heavy atom. The van der Waals surface area contributed by atoms with Crippen LogP contribution in [0.3, 0.4) is 0 Å². The summed E-state index contributed by atoms with van der Waals surface area (Å²) >= 11 is 5.84. The minimum Gasteiger partial charge on any atom is -0.465 e. The van der Waals surface area contributed by atoms with E-state index in [0.29, 0.717) is 16.3 Å². The topological polar surface area (TPSA) is 116 Å². The van der Waals surface area contributed by atoms with E-state index in [9.17, 15) is 14.9 Å². The second-order valence-electron chi connectivity index (χ2n) is 5.38. The quantitative estimate of drug-likeness (QED) is 0.368. The monoisotopic (exact) mass is 400 g/mol. The Balaban J connectivity index is 1.89. The number of hydrogen-bond acceptors (Lipinski definition) is 8. The third-order valence-corrected chi connectivity index (χ3v) is 3.82. The number of carbonyl (C=O) groups excluding carboxylic acids is 1. The second kappa shape index (κ2) is 8.31. The Morgan fingerprint density at radius 3 is 2.39 bits per heavy atom. The van der Waals surface area contributed by atoms with Crippen LogP contribution >= 0.6 is 11.6 Å². The van der Waals surface area contributed by atoms with Gasteiger partial charge >= 0.3 is 17.5 Å². The van der Waals surface area contributed by atoms with E-state index < -0.39 is 16.6 Å². The number of methoxy groups -OCH3 is 1. The molecular weight excluding hydrogens is 388 g/mol. The zero-order chi connectivity index (χ0) is 20.1. The molecule has 2 aromatic carbocycles. The van der Waals surface area contributed by atoms with Crippen molar-refractivity contribution in [3.8, 4) is 11.6 Å². The minimum absolute atomic E-state index is 0.0384. The van der Waals surface area contributed by atoms with Gasteiger partial charge in [-0.05, 0) is 48.5 Å². The highest BCUT2D eigenvalue weighted by atomic mass is 35.5. The number of rotatable bonds is 6. The lowest BCUT2D eigenvalue weighted by Gasteiger charge is -2.09. The molecule has 0 fully saturated rings. The molecule has 0 aliphatic rings. The number of aromatic nitrogens is 2. The van der Waals surface area contributed by atoms with Gasteiger partial charge in [-0.2, -0.15) is 4.98 Å². The third-order valence-electron chi connectivity index (χ3n) is 3.57. The predicted molar refractivity (Wildman–Crippen MR) is 101 cm³/mol. The molecule has 0 amide bonds. The summed E-state index contributed by atoms with van der Waals surface area (Å²) in [5.74, 6) is -0.535. The molecule has 1 aromatic heterocycles. The van der Waals surface area contributed by atoms with Gasteiger partial charge in [-0.25, -0.2) is 9.78 Å². The molecular formula is C18H13ClN4O5. The molecule has 9 nitrogen and oxygen atoms in total. The maximum absolute atomic E-state index is 11.6. The van der Waals surface area contributed by atoms with Gasteiger partial charge in [0, 0.05) is 10.7 Å². The van der Waals surface area contributed by atoms with Crippen molar-refractivity contribution in [1.82, 2.24) is 9.97 Å². The molecule has 1 N–H and O–H groups in total. The predicted octanol–water partition coefficient (Wildman–Crippen LogP) is 4.36. The Morgan fingerprint density at radius 2 is 1.79 bits per heavy atom. The van der Waals surface area contributed by atoms with E-state index in [-0.39, 0.29) is 17.4 Å². The van der Waals surface area contributed by atoms with Crippen LogP contribution in [0, 0.1) is 10.1 Å². The first kappa shape index (κ1) is 19.1. The van der Waals surface area contributed by atoms with Crippen molar-refractivity contribution in [3.05, 3.63) is 75.6 Å². The molecule has 1 heterocycles. The first-order valence-electron chi connectivity index (χ1n) is 7.86. The van der Waals surface area contributed by atoms with Gasteiger partial charge in [0.15, 0.2) is 0 Å². The number of anilines is 2. The summed E-state index contributed by atoms with van der Waals surface area (Å²) in [7, 11) is 1.27. The Hall–Kier alpha value is -3.72. The molecule has 0 saturated heterocycles. The van der Waals surface area contributed by atoms with Crippen molar-refractivity contribution in [1.29, 1.82) is 0 Å². The van der Waals surface area contributed by atoms with Crippen LogP contribution in [0.4, 0.5) is 17.2 Å². The van der Waals surface area contributed by atoms with Gasteiger partial charge in [0.1, 0.15) is 12.1 Å². The highest BCUT2D eigenvalue weighted by Crippen LogP contribution is 2.35. The largest absolute Gasteiger partial charge is 0.465 e. The highest BCUT2D eigenvalue weighted by molar-refractivity contribution is 6.30. The average Bonchev–Trinajstić information content (AvgIpc) is 2.69. The Labute approximate surface area is 164 Å². The van der Waals surface area contributed by atoms with Crippen LogP contribution in [0.25, 0.3) is 0 Å². The van der Waals surface area contributed by atoms with Crippen molar-refractivity contribution in [3.63, 3.8) is 0 Å². The van der Waals surface area contributed by atoms with Crippen LogP contribution in [0.15, 0.2) is 54.9 Å². The Kier molecular flexibility index (Phi) is 5.66. The van der Waals surface area contributed by atoms with Gasteiger partial charge in [-0.3, -0.25) is 10.1 Å². The number of esters is 1. The molecule has 0 saturated carbocycles. The van der Waals surface area contributed by atoms with Crippen molar-refractivity contribution in [2.75, 3.05) is 12.4 Å². The van der Waals surface area contributed by atoms with E-state index in [1.54, 1.807) is 24.3 Å². The highest BCUT2D eigenvalue weighted by Gasteiger charge is 2.25. The van der Waals surface area contributed by atoms with E-state index in [1.807, 2.05) is 0 Å². The second-order valence-corrected chi connectivity index (χ2v) is 5.82. The van der Waals surface area contributed by atoms with Crippen molar-refractivity contribution in [2.24, 2.45) is 0 Å². The molecule has 0 unspecified atom stereocenters. The van der Waals surface area contributed by atoms with Crippen LogP contribution in [-0.4, -0.2) is 28.0 Å². The van der Waals surface area contributed by atoms with Gasteiger partial charge in [0.2, 0.25) is 5.82 Å². The molecule has 142 valence electrons. The molecule has 28 heavy (non-hydrogen) atoms. The number of nitro groups is 1. The van der Waals surface area contributed by atoms with E-state index in [4.69, 9.17) is 16.3 Å². The standard InChI is InChI=1S/C18H13ClN4O5/c1-27-18(24)11-2-8-14(9-3-11)28-17-15(23(25)26)16(20-10-21-17)22-13-6-4-12(19)5-7-13/h2-10H,1H3,(H,20,21,22). The molecule has 0 radical (unpaired) electrons. The Bertz CT molecular complexity index is 1010. The summed E-state index contributed by atoms with van der Waals surface area (Å²) in [5.41, 5.74) is 0.436. The number of carbonyl (C=O) groups is 1. The molecule has 10 heteroatoms. The maximum Gasteiger partial charge on any atom is 0.373 e. The number of benzene rings is 2. The van der Waals surface area contributed by atoms with Crippen LogP contribution in [0.1, 0.15) is 10.4 Å². The van der Waals surface area contributed by atoms with Gasteiger partial charge in [0.25, 0.3) is 0 Å². The normalized spacial score (nSPS) is 10.2. The van der Waals surface area contributed by atoms with Crippen LogP contribution in [0.5, 0.6) is 11.6 Å². The lowest BCUT2D eigenvalue weighted by molar-refractivity contribution is -0.385. The fourth-order valence-electron chi connectivity index (χ4n) is 2.25. The van der Waals surface area contributed by atoms with Gasteiger partial charge in [0.05, 0.1) is 17.6 Å². The van der Waals surface area contributed by atoms with E-state index in [0.717, 1.165) is 6.33 Å². The van der Waals surface area contributed by atoms with Crippen LogP contribution in [-0.2, 0) is 4.74 Å². The SMILES string of the molecule is COC(=O)c1ccc(Oc2ncnc(Nc3ccc(Cl)cc3)c2[N+](=O)[O-])cc1. The van der Waals surface area contributed by atoms with Crippen LogP contribution < -0.4 is 10.1 Å². The molecule has 0 aliphatic heterocycles. The summed E-state index contributed by atoms with van der Waals surface area (Å²) in [6.07, 6.45) is 1.14. The number of nitrogens with one attached hydrogen (secondary N) is 1. The van der Waals surface area contributed by atoms with E-state index in [2.05, 4.69) is 20.0 Å². The lowest BCUT2D eigenvalue weighted by Crippen LogP contribution is -2.04. The van der Waals surface area contributed by atoms with Crippen molar-refractivity contribution in [2.45, 2.75) is 0 Å². The van der Waals surface area contributed by atoms with E-state index >= 15 is 0 Å². The summed E-state index contributed by atoms with van der Waals surface area (Å²) in [5, 5.41) is 15.0. The molecule has 3 aromatic rings. The van der Waals surface area contributed by atoms with Crippen molar-refractivity contribution < 1.29 is 19.2 Å². The number of nitrogens with zero attached hydrogens (tertiary/aromatic N) is 3. The molecule has 0 aliphatic carbocycles. The number of hydrogen-bond donors (Lipinski definition) is 1. The summed E-state index contributed by atoms with van der Waals surface area (Å²) < 4.78 is 10.1. The summed E-state index contributed by atoms with van der Waals surface area (Å²) in [4.78, 5) is 30.2. The zero-order valence-corrected chi connectivity index (χ0v) is 15.2. The average molecular weight is 401 g/mol. The van der Waals surface area contributed by atoms with E-state index in [1.165, 1.54) is 31.4 Å². The molecule has 0 atom stereocenters.